The molecule has 0 heterocycles. The summed E-state index contributed by atoms with van der Waals surface area (Å²) in [6, 6.07) is 6.74. The average molecular weight is 166 g/mol. The Morgan fingerprint density at radius 2 is 2.00 bits per heavy atom. The molecule has 12 heavy (non-hydrogen) atoms. The van der Waals surface area contributed by atoms with Crippen molar-refractivity contribution in [3.63, 3.8) is 0 Å². The Bertz CT molecular complexity index is 268. The van der Waals surface area contributed by atoms with Crippen LogP contribution in [0.2, 0.25) is 0 Å². The van der Waals surface area contributed by atoms with Crippen molar-refractivity contribution in [1.29, 1.82) is 0 Å². The number of para-hydroxylation sites is 2. The number of phenols is 1. The van der Waals surface area contributed by atoms with Gasteiger partial charge in [0.1, 0.15) is 6.10 Å². The molecule has 3 heteroatoms. The first-order valence-electron chi connectivity index (χ1n) is 3.97. The molecule has 0 bridgehead atoms. The lowest BCUT2D eigenvalue weighted by Gasteiger charge is -2.04. The Morgan fingerprint density at radius 3 is 2.67 bits per heavy atom. The minimum absolute atomic E-state index is 0.109. The predicted molar refractivity (Wildman–Crippen MR) is 42.8 cm³/mol. The van der Waals surface area contributed by atoms with Gasteiger partial charge in [-0.25, -0.2) is 0 Å². The van der Waals surface area contributed by atoms with Crippen molar-refractivity contribution in [3.8, 4) is 11.5 Å². The van der Waals surface area contributed by atoms with Crippen LogP contribution in [0.5, 0.6) is 11.5 Å². The zero-order chi connectivity index (χ0) is 8.39. The molecular weight excluding hydrogens is 156 g/mol. The topological polar surface area (TPSA) is 38.7 Å². The van der Waals surface area contributed by atoms with E-state index in [1.54, 1.807) is 24.3 Å². The van der Waals surface area contributed by atoms with Crippen molar-refractivity contribution in [2.45, 2.75) is 18.9 Å². The van der Waals surface area contributed by atoms with E-state index in [2.05, 4.69) is 0 Å². The van der Waals surface area contributed by atoms with E-state index in [4.69, 9.17) is 9.78 Å². The Hall–Kier alpha value is -1.22. The largest absolute Gasteiger partial charge is 0.504 e. The van der Waals surface area contributed by atoms with Gasteiger partial charge in [0.05, 0.1) is 0 Å². The molecule has 0 spiro atoms. The van der Waals surface area contributed by atoms with Crippen molar-refractivity contribution in [3.05, 3.63) is 24.3 Å². The van der Waals surface area contributed by atoms with Gasteiger partial charge in [0.15, 0.2) is 5.75 Å². The first-order chi connectivity index (χ1) is 5.86. The molecule has 1 aliphatic carbocycles. The van der Waals surface area contributed by atoms with Crippen molar-refractivity contribution < 1.29 is 14.9 Å². The quantitative estimate of drug-likeness (QED) is 0.550. The SMILES string of the molecule is Oc1ccccc1OOC1CC1. The third-order valence-electron chi connectivity index (χ3n) is 1.66. The molecule has 0 atom stereocenters. The summed E-state index contributed by atoms with van der Waals surface area (Å²) in [6.45, 7) is 0. The van der Waals surface area contributed by atoms with Gasteiger partial charge in [0, 0.05) is 0 Å². The molecule has 0 radical (unpaired) electrons. The molecule has 1 N–H and O–H groups in total. The summed E-state index contributed by atoms with van der Waals surface area (Å²) in [5.74, 6) is 0.488. The maximum Gasteiger partial charge on any atom is 0.206 e. The standard InChI is InChI=1S/C9H10O3/c10-8-3-1-2-4-9(8)12-11-7-5-6-7/h1-4,7,10H,5-6H2. The van der Waals surface area contributed by atoms with Gasteiger partial charge in [0.25, 0.3) is 0 Å². The molecule has 1 fully saturated rings. The Kier molecular flexibility index (Phi) is 1.87. The van der Waals surface area contributed by atoms with Crippen LogP contribution in [-0.2, 0) is 4.89 Å². The minimum atomic E-state index is 0.109. The van der Waals surface area contributed by atoms with Gasteiger partial charge in [-0.1, -0.05) is 12.1 Å². The minimum Gasteiger partial charge on any atom is -0.504 e. The van der Waals surface area contributed by atoms with Crippen molar-refractivity contribution >= 4 is 0 Å². The summed E-state index contributed by atoms with van der Waals surface area (Å²) in [5.41, 5.74) is 0. The summed E-state index contributed by atoms with van der Waals surface area (Å²) in [5, 5.41) is 9.24. The molecule has 1 saturated carbocycles. The summed E-state index contributed by atoms with van der Waals surface area (Å²) >= 11 is 0. The highest BCUT2D eigenvalue weighted by Crippen LogP contribution is 2.29. The second-order valence-corrected chi connectivity index (χ2v) is 2.85. The molecule has 64 valence electrons. The van der Waals surface area contributed by atoms with E-state index in [-0.39, 0.29) is 11.9 Å². The molecular formula is C9H10O3. The highest BCUT2D eigenvalue weighted by atomic mass is 17.2. The summed E-state index contributed by atoms with van der Waals surface area (Å²) < 4.78 is 0. The fourth-order valence-electron chi connectivity index (χ4n) is 0.812. The Labute approximate surface area is 70.5 Å². The van der Waals surface area contributed by atoms with E-state index in [9.17, 15) is 5.11 Å². The van der Waals surface area contributed by atoms with E-state index in [1.165, 1.54) is 0 Å². The van der Waals surface area contributed by atoms with Gasteiger partial charge >= 0.3 is 0 Å². The molecule has 0 amide bonds. The normalized spacial score (nSPS) is 16.0. The fraction of sp³-hybridized carbons (Fsp3) is 0.333. The number of hydrogen-bond donors (Lipinski definition) is 1. The van der Waals surface area contributed by atoms with E-state index in [1.807, 2.05) is 0 Å². The first kappa shape index (κ1) is 7.43. The summed E-state index contributed by atoms with van der Waals surface area (Å²) in [6.07, 6.45) is 2.32. The molecule has 0 aliphatic heterocycles. The van der Waals surface area contributed by atoms with Gasteiger partial charge in [0.2, 0.25) is 5.75 Å². The second-order valence-electron chi connectivity index (χ2n) is 2.85. The molecule has 1 aliphatic rings. The maximum absolute atomic E-state index is 9.24. The van der Waals surface area contributed by atoms with E-state index < -0.39 is 0 Å². The summed E-state index contributed by atoms with van der Waals surface area (Å²) in [4.78, 5) is 9.87. The third kappa shape index (κ3) is 1.68. The van der Waals surface area contributed by atoms with Crippen LogP contribution in [0.25, 0.3) is 0 Å². The molecule has 0 saturated heterocycles. The lowest BCUT2D eigenvalue weighted by molar-refractivity contribution is -0.217. The summed E-state index contributed by atoms with van der Waals surface area (Å²) in [7, 11) is 0. The van der Waals surface area contributed by atoms with Crippen molar-refractivity contribution in [1.82, 2.24) is 0 Å². The molecule has 1 aromatic carbocycles. The smallest absolute Gasteiger partial charge is 0.206 e. The van der Waals surface area contributed by atoms with Crippen molar-refractivity contribution in [2.24, 2.45) is 0 Å². The van der Waals surface area contributed by atoms with E-state index >= 15 is 0 Å². The van der Waals surface area contributed by atoms with Crippen LogP contribution in [0.3, 0.4) is 0 Å². The van der Waals surface area contributed by atoms with Gasteiger partial charge in [-0.15, -0.1) is 0 Å². The van der Waals surface area contributed by atoms with Crippen LogP contribution in [0.1, 0.15) is 12.8 Å². The zero-order valence-corrected chi connectivity index (χ0v) is 6.56. The maximum atomic E-state index is 9.24. The zero-order valence-electron chi connectivity index (χ0n) is 6.56. The monoisotopic (exact) mass is 166 g/mol. The lowest BCUT2D eigenvalue weighted by atomic mass is 10.3. The number of rotatable bonds is 3. The highest BCUT2D eigenvalue weighted by Gasteiger charge is 2.24. The van der Waals surface area contributed by atoms with Gasteiger partial charge in [-0.2, -0.15) is 4.89 Å². The highest BCUT2D eigenvalue weighted by molar-refractivity contribution is 5.37. The van der Waals surface area contributed by atoms with Crippen LogP contribution in [-0.4, -0.2) is 11.2 Å². The number of phenolic OH excluding ortho intramolecular Hbond substituents is 1. The van der Waals surface area contributed by atoms with Crippen LogP contribution in [0.4, 0.5) is 0 Å². The Morgan fingerprint density at radius 1 is 1.25 bits per heavy atom. The predicted octanol–water partition coefficient (Wildman–Crippen LogP) is 1.86. The molecule has 0 aromatic heterocycles. The molecule has 0 unspecified atom stereocenters. The van der Waals surface area contributed by atoms with Crippen LogP contribution >= 0.6 is 0 Å². The molecule has 1 aromatic rings. The number of hydrogen-bond acceptors (Lipinski definition) is 3. The molecule has 3 nitrogen and oxygen atoms in total. The lowest BCUT2D eigenvalue weighted by Crippen LogP contribution is -1.98. The van der Waals surface area contributed by atoms with Gasteiger partial charge < -0.3 is 9.99 Å². The van der Waals surface area contributed by atoms with E-state index in [0.717, 1.165) is 12.8 Å². The van der Waals surface area contributed by atoms with Crippen LogP contribution < -0.4 is 4.89 Å². The Balaban J connectivity index is 1.96. The van der Waals surface area contributed by atoms with E-state index in [0.29, 0.717) is 5.75 Å². The first-order valence-corrected chi connectivity index (χ1v) is 3.97. The second kappa shape index (κ2) is 3.03. The van der Waals surface area contributed by atoms with Gasteiger partial charge in [-0.3, -0.25) is 0 Å². The fourth-order valence-corrected chi connectivity index (χ4v) is 0.812. The van der Waals surface area contributed by atoms with Crippen LogP contribution in [0.15, 0.2) is 24.3 Å². The van der Waals surface area contributed by atoms with Crippen LogP contribution in [0, 0.1) is 0 Å². The average Bonchev–Trinajstić information content (AvgIpc) is 2.86. The van der Waals surface area contributed by atoms with Crippen molar-refractivity contribution in [2.75, 3.05) is 0 Å². The number of benzene rings is 1. The molecule has 2 rings (SSSR count). The third-order valence-corrected chi connectivity index (χ3v) is 1.66. The number of aromatic hydroxyl groups is 1. The van der Waals surface area contributed by atoms with Gasteiger partial charge in [-0.05, 0) is 25.0 Å².